The van der Waals surface area contributed by atoms with Crippen molar-refractivity contribution in [1.29, 1.82) is 0 Å². The van der Waals surface area contributed by atoms with Crippen LogP contribution in [-0.4, -0.2) is 113 Å². The van der Waals surface area contributed by atoms with Gasteiger partial charge in [-0.2, -0.15) is 0 Å². The Balaban J connectivity index is 0. The normalized spacial score (nSPS) is 16.4. The van der Waals surface area contributed by atoms with Crippen LogP contribution in [0.15, 0.2) is 0 Å². The first-order valence-corrected chi connectivity index (χ1v) is 28.5. The number of hydrogen-bond donors (Lipinski definition) is 0. The average Bonchev–Trinajstić information content (AvgIpc) is 3.11. The summed E-state index contributed by atoms with van der Waals surface area (Å²) in [5.74, 6) is 0.255. The van der Waals surface area contributed by atoms with Crippen molar-refractivity contribution in [3.8, 4) is 0 Å². The zero-order valence-corrected chi connectivity index (χ0v) is 41.1. The lowest BCUT2D eigenvalue weighted by Crippen LogP contribution is -2.36. The van der Waals surface area contributed by atoms with Crippen molar-refractivity contribution in [1.82, 2.24) is 0 Å². The van der Waals surface area contributed by atoms with E-state index in [0.717, 1.165) is 77.8 Å². The molecular weight excluding hydrogens is 697 g/mol. The standard InChI is InChI=1S/2C19H44O4Si2/c1-9-14(5)20-18(21-15(6)10-2)24-13-25-19(22-16(7)11-3)23-17(8)12-4;1-5-9-13-20-18(21-14-10-6-2)24-17-25-19(22-15-11-7-3)23-16-12-8-4/h14-19H,9-13,24-25H2,1-8H3;18-19H,5-17,24-25H2,1-4H3. The molecular formula is C38H88O8Si4. The van der Waals surface area contributed by atoms with Crippen LogP contribution in [0, 0.1) is 0 Å². The van der Waals surface area contributed by atoms with Crippen LogP contribution in [-0.2, 0) is 37.9 Å². The molecule has 0 N–H and O–H groups in total. The van der Waals surface area contributed by atoms with Crippen molar-refractivity contribution in [2.75, 3.05) is 26.4 Å². The Kier molecular flexibility index (Phi) is 41.3. The SMILES string of the molecule is CCC(C)OC(OC(C)CC)[SiH2]C[SiH2]C(OC(C)CC)OC(C)CC.CCCCOC(OCCCC)[SiH2]C[SiH2]C(OCCCC)OCCCC. The Morgan fingerprint density at radius 3 is 0.760 bits per heavy atom. The largest absolute Gasteiger partial charge is 0.357 e. The van der Waals surface area contributed by atoms with Crippen molar-refractivity contribution >= 4 is 38.1 Å². The van der Waals surface area contributed by atoms with Crippen molar-refractivity contribution < 1.29 is 37.9 Å². The van der Waals surface area contributed by atoms with Gasteiger partial charge in [-0.15, -0.1) is 0 Å². The van der Waals surface area contributed by atoms with E-state index in [9.17, 15) is 0 Å². The molecule has 0 aliphatic rings. The first-order chi connectivity index (χ1) is 24.1. The third-order valence-corrected chi connectivity index (χ3v) is 18.9. The summed E-state index contributed by atoms with van der Waals surface area (Å²) >= 11 is 0. The van der Waals surface area contributed by atoms with Gasteiger partial charge in [0, 0.05) is 26.4 Å². The zero-order valence-electron chi connectivity index (χ0n) is 35.4. The van der Waals surface area contributed by atoms with Gasteiger partial charge in [-0.3, -0.25) is 0 Å². The molecule has 0 aromatic heterocycles. The van der Waals surface area contributed by atoms with Crippen molar-refractivity contribution in [2.45, 2.75) is 220 Å². The van der Waals surface area contributed by atoms with Crippen LogP contribution in [0.1, 0.15) is 160 Å². The average molecular weight is 785 g/mol. The van der Waals surface area contributed by atoms with Crippen LogP contribution in [0.25, 0.3) is 0 Å². The Labute approximate surface area is 320 Å². The lowest BCUT2D eigenvalue weighted by atomic mass is 10.3. The highest BCUT2D eigenvalue weighted by Crippen LogP contribution is 2.12. The Morgan fingerprint density at radius 2 is 0.560 bits per heavy atom. The van der Waals surface area contributed by atoms with Crippen molar-refractivity contribution in [3.63, 3.8) is 0 Å². The van der Waals surface area contributed by atoms with Crippen LogP contribution in [0.4, 0.5) is 0 Å². The summed E-state index contributed by atoms with van der Waals surface area (Å²) in [4.78, 5) is 0. The van der Waals surface area contributed by atoms with E-state index in [0.29, 0.717) is 0 Å². The smallest absolute Gasteiger partial charge is 0.135 e. The fourth-order valence-electron chi connectivity index (χ4n) is 4.53. The molecule has 304 valence electrons. The van der Waals surface area contributed by atoms with E-state index in [-0.39, 0.29) is 67.1 Å². The fraction of sp³-hybridized carbons (Fsp3) is 1.00. The van der Waals surface area contributed by atoms with Gasteiger partial charge in [-0.05, 0) is 79.1 Å². The fourth-order valence-corrected chi connectivity index (χ4v) is 14.9. The summed E-state index contributed by atoms with van der Waals surface area (Å²) < 4.78 is 48.5. The third kappa shape index (κ3) is 34.3. The summed E-state index contributed by atoms with van der Waals surface area (Å²) in [6.45, 7) is 29.4. The molecule has 0 radical (unpaired) electrons. The maximum absolute atomic E-state index is 6.14. The highest BCUT2D eigenvalue weighted by atomic mass is 28.3. The molecule has 8 nitrogen and oxygen atoms in total. The maximum atomic E-state index is 6.14. The van der Waals surface area contributed by atoms with Crippen molar-refractivity contribution in [3.05, 3.63) is 0 Å². The van der Waals surface area contributed by atoms with Gasteiger partial charge >= 0.3 is 0 Å². The Morgan fingerprint density at radius 1 is 0.340 bits per heavy atom. The van der Waals surface area contributed by atoms with Crippen LogP contribution >= 0.6 is 0 Å². The van der Waals surface area contributed by atoms with Crippen LogP contribution in [0.5, 0.6) is 0 Å². The Bertz CT molecular complexity index is 576. The molecule has 0 fully saturated rings. The molecule has 4 unspecified atom stereocenters. The topological polar surface area (TPSA) is 73.8 Å². The van der Waals surface area contributed by atoms with Crippen LogP contribution in [0.3, 0.4) is 0 Å². The van der Waals surface area contributed by atoms with Crippen molar-refractivity contribution in [2.24, 2.45) is 0 Å². The second-order valence-corrected chi connectivity index (χ2v) is 24.5. The van der Waals surface area contributed by atoms with Gasteiger partial charge in [-0.25, -0.2) is 0 Å². The first-order valence-electron chi connectivity index (χ1n) is 21.2. The minimum atomic E-state index is -0.445. The van der Waals surface area contributed by atoms with E-state index in [2.05, 4.69) is 83.1 Å². The van der Waals surface area contributed by atoms with Gasteiger partial charge in [0.05, 0.1) is 62.5 Å². The lowest BCUT2D eigenvalue weighted by molar-refractivity contribution is -0.144. The molecule has 50 heavy (non-hydrogen) atoms. The van der Waals surface area contributed by atoms with E-state index < -0.39 is 19.0 Å². The van der Waals surface area contributed by atoms with Crippen LogP contribution < -0.4 is 0 Å². The molecule has 0 aromatic rings. The second-order valence-electron chi connectivity index (χ2n) is 13.9. The monoisotopic (exact) mass is 785 g/mol. The molecule has 0 aromatic carbocycles. The first kappa shape index (κ1) is 52.7. The summed E-state index contributed by atoms with van der Waals surface area (Å²) in [5.41, 5.74) is 2.53. The second kappa shape index (κ2) is 39.2. The summed E-state index contributed by atoms with van der Waals surface area (Å²) in [5, 5.41) is 0. The number of ether oxygens (including phenoxy) is 8. The van der Waals surface area contributed by atoms with Gasteiger partial charge in [0.1, 0.15) is 23.7 Å². The van der Waals surface area contributed by atoms with Gasteiger partial charge in [0.25, 0.3) is 0 Å². The molecule has 0 aliphatic heterocycles. The van der Waals surface area contributed by atoms with E-state index >= 15 is 0 Å². The molecule has 0 saturated heterocycles. The summed E-state index contributed by atoms with van der Waals surface area (Å²) in [7, 11) is -1.64. The zero-order chi connectivity index (χ0) is 37.8. The summed E-state index contributed by atoms with van der Waals surface area (Å²) in [6, 6.07) is 0. The highest BCUT2D eigenvalue weighted by Gasteiger charge is 2.21. The third-order valence-electron chi connectivity index (χ3n) is 8.80. The molecule has 12 heteroatoms. The molecule has 0 heterocycles. The minimum absolute atomic E-state index is 0.0326. The molecule has 0 bridgehead atoms. The Hall–Kier alpha value is 0.548. The number of unbranched alkanes of at least 4 members (excludes halogenated alkanes) is 4. The van der Waals surface area contributed by atoms with Gasteiger partial charge in [-0.1, -0.05) is 92.4 Å². The molecule has 0 saturated carbocycles. The maximum Gasteiger partial charge on any atom is 0.135 e. The van der Waals surface area contributed by atoms with E-state index in [1.165, 1.54) is 37.0 Å². The highest BCUT2D eigenvalue weighted by molar-refractivity contribution is 6.57. The molecule has 0 aliphatic carbocycles. The molecule has 0 spiro atoms. The quantitative estimate of drug-likeness (QED) is 0.0380. The predicted molar refractivity (Wildman–Crippen MR) is 226 cm³/mol. The molecule has 4 atom stereocenters. The number of hydrogen-bond acceptors (Lipinski definition) is 8. The summed E-state index contributed by atoms with van der Waals surface area (Å²) in [6.07, 6.45) is 14.4. The van der Waals surface area contributed by atoms with Crippen LogP contribution in [0.2, 0.25) is 11.3 Å². The molecule has 0 amide bonds. The van der Waals surface area contributed by atoms with Gasteiger partial charge in [0.15, 0.2) is 0 Å². The van der Waals surface area contributed by atoms with Gasteiger partial charge in [0.2, 0.25) is 0 Å². The minimum Gasteiger partial charge on any atom is -0.357 e. The number of rotatable bonds is 36. The van der Waals surface area contributed by atoms with E-state index in [1.807, 2.05) is 0 Å². The van der Waals surface area contributed by atoms with E-state index in [1.54, 1.807) is 0 Å². The van der Waals surface area contributed by atoms with Gasteiger partial charge < -0.3 is 37.9 Å². The predicted octanol–water partition coefficient (Wildman–Crippen LogP) is 7.06. The molecule has 0 rings (SSSR count). The van der Waals surface area contributed by atoms with E-state index in [4.69, 9.17) is 37.9 Å². The lowest BCUT2D eigenvalue weighted by Gasteiger charge is -2.27.